The van der Waals surface area contributed by atoms with Crippen molar-refractivity contribution in [1.82, 2.24) is 10.0 Å². The number of carboxylic acids is 1. The Balaban J connectivity index is 2.74. The second-order valence-electron chi connectivity index (χ2n) is 6.04. The molecule has 1 amide bonds. The first-order valence-corrected chi connectivity index (χ1v) is 9.37. The Labute approximate surface area is 148 Å². The number of nitrogens with one attached hydrogen (secondary N) is 2. The van der Waals surface area contributed by atoms with E-state index in [0.717, 1.165) is 0 Å². The summed E-state index contributed by atoms with van der Waals surface area (Å²) < 4.78 is 26.2. The largest absolute Gasteiger partial charge is 0.481 e. The summed E-state index contributed by atoms with van der Waals surface area (Å²) in [5.74, 6) is -1.86. The van der Waals surface area contributed by atoms with Crippen LogP contribution >= 0.6 is 0 Å². The Kier molecular flexibility index (Phi) is 7.79. The Bertz CT molecular complexity index is 711. The van der Waals surface area contributed by atoms with E-state index < -0.39 is 27.8 Å². The second kappa shape index (κ2) is 9.33. The van der Waals surface area contributed by atoms with Crippen molar-refractivity contribution in [2.24, 2.45) is 11.8 Å². The van der Waals surface area contributed by atoms with Gasteiger partial charge in [0, 0.05) is 18.7 Å². The molecule has 0 aliphatic carbocycles. The maximum Gasteiger partial charge on any atom is 0.308 e. The summed E-state index contributed by atoms with van der Waals surface area (Å²) in [5.41, 5.74) is 0.261. The lowest BCUT2D eigenvalue weighted by Gasteiger charge is -2.15. The third-order valence-electron chi connectivity index (χ3n) is 3.46. The lowest BCUT2D eigenvalue weighted by molar-refractivity contribution is -0.142. The van der Waals surface area contributed by atoms with Crippen LogP contribution in [0.5, 0.6) is 0 Å². The van der Waals surface area contributed by atoms with Crippen molar-refractivity contribution in [3.8, 4) is 0 Å². The molecule has 0 aromatic heterocycles. The lowest BCUT2D eigenvalue weighted by Crippen LogP contribution is -2.33. The summed E-state index contributed by atoms with van der Waals surface area (Å²) >= 11 is 0. The number of aliphatic carboxylic acids is 1. The fourth-order valence-electron chi connectivity index (χ4n) is 2.20. The first-order chi connectivity index (χ1) is 11.7. The van der Waals surface area contributed by atoms with Crippen molar-refractivity contribution in [2.75, 3.05) is 13.1 Å². The summed E-state index contributed by atoms with van der Waals surface area (Å²) in [7, 11) is -3.65. The van der Waals surface area contributed by atoms with E-state index in [1.54, 1.807) is 0 Å². The molecule has 1 rings (SSSR count). The number of carbonyl (C=O) groups excluding carboxylic acids is 1. The molecule has 3 N–H and O–H groups in total. The zero-order valence-electron chi connectivity index (χ0n) is 14.4. The summed E-state index contributed by atoms with van der Waals surface area (Å²) in [6.07, 6.45) is 1.89. The molecule has 0 fully saturated rings. The van der Waals surface area contributed by atoms with Crippen LogP contribution in [0.3, 0.4) is 0 Å². The van der Waals surface area contributed by atoms with Gasteiger partial charge in [-0.25, -0.2) is 13.1 Å². The predicted molar refractivity (Wildman–Crippen MR) is 94.7 cm³/mol. The van der Waals surface area contributed by atoms with Crippen LogP contribution in [-0.2, 0) is 14.8 Å². The molecule has 1 aromatic rings. The molecular formula is C17H24N2O5S. The summed E-state index contributed by atoms with van der Waals surface area (Å²) in [5, 5.41) is 11.8. The molecule has 7 nitrogen and oxygen atoms in total. The van der Waals surface area contributed by atoms with Crippen molar-refractivity contribution >= 4 is 21.9 Å². The monoisotopic (exact) mass is 368 g/mol. The first kappa shape index (κ1) is 20.9. The van der Waals surface area contributed by atoms with Crippen LogP contribution in [0.1, 0.15) is 30.6 Å². The maximum absolute atomic E-state index is 12.1. The zero-order chi connectivity index (χ0) is 19.0. The average Bonchev–Trinajstić information content (AvgIpc) is 2.56. The van der Waals surface area contributed by atoms with E-state index in [1.807, 2.05) is 13.8 Å². The number of rotatable bonds is 10. The Morgan fingerprint density at radius 2 is 1.84 bits per heavy atom. The highest BCUT2D eigenvalue weighted by atomic mass is 32.2. The molecule has 0 heterocycles. The minimum absolute atomic E-state index is 0.0211. The molecule has 0 aliphatic rings. The zero-order valence-corrected chi connectivity index (χ0v) is 15.2. The van der Waals surface area contributed by atoms with Gasteiger partial charge in [0.15, 0.2) is 0 Å². The number of carbonyl (C=O) groups is 2. The molecule has 25 heavy (non-hydrogen) atoms. The predicted octanol–water partition coefficient (Wildman–Crippen LogP) is 1.63. The van der Waals surface area contributed by atoms with Crippen LogP contribution in [0.2, 0.25) is 0 Å². The highest BCUT2D eigenvalue weighted by molar-refractivity contribution is 7.89. The van der Waals surface area contributed by atoms with Gasteiger partial charge in [-0.2, -0.15) is 0 Å². The van der Waals surface area contributed by atoms with Crippen molar-refractivity contribution in [1.29, 1.82) is 0 Å². The smallest absolute Gasteiger partial charge is 0.308 e. The van der Waals surface area contributed by atoms with Crippen molar-refractivity contribution in [3.05, 3.63) is 42.5 Å². The van der Waals surface area contributed by atoms with Gasteiger partial charge in [-0.3, -0.25) is 9.59 Å². The fourth-order valence-corrected chi connectivity index (χ4v) is 3.19. The minimum Gasteiger partial charge on any atom is -0.481 e. The maximum atomic E-state index is 12.1. The molecule has 1 aromatic carbocycles. The van der Waals surface area contributed by atoms with Crippen LogP contribution in [0.25, 0.3) is 0 Å². The van der Waals surface area contributed by atoms with Gasteiger partial charge >= 0.3 is 5.97 Å². The molecule has 1 unspecified atom stereocenters. The number of amides is 1. The number of hydrogen-bond donors (Lipinski definition) is 3. The minimum atomic E-state index is -3.65. The Hall–Kier alpha value is -2.19. The van der Waals surface area contributed by atoms with Gasteiger partial charge in [0.05, 0.1) is 10.8 Å². The average molecular weight is 368 g/mol. The first-order valence-electron chi connectivity index (χ1n) is 7.89. The number of carboxylic acid groups (broad SMARTS) is 1. The third kappa shape index (κ3) is 6.67. The molecule has 1 atom stereocenters. The summed E-state index contributed by atoms with van der Waals surface area (Å²) in [6.45, 7) is 7.40. The summed E-state index contributed by atoms with van der Waals surface area (Å²) in [6, 6.07) is 5.41. The van der Waals surface area contributed by atoms with Crippen LogP contribution < -0.4 is 10.0 Å². The van der Waals surface area contributed by atoms with E-state index in [-0.39, 0.29) is 29.5 Å². The van der Waals surface area contributed by atoms with Crippen molar-refractivity contribution < 1.29 is 23.1 Å². The molecule has 0 aliphatic heterocycles. The van der Waals surface area contributed by atoms with E-state index in [2.05, 4.69) is 16.6 Å². The second-order valence-corrected chi connectivity index (χ2v) is 7.81. The van der Waals surface area contributed by atoms with Gasteiger partial charge in [-0.05, 0) is 36.6 Å². The molecule has 0 bridgehead atoms. The lowest BCUT2D eigenvalue weighted by atomic mass is 9.97. The van der Waals surface area contributed by atoms with Gasteiger partial charge in [-0.15, -0.1) is 6.58 Å². The molecule has 0 saturated heterocycles. The van der Waals surface area contributed by atoms with Gasteiger partial charge in [-0.1, -0.05) is 19.9 Å². The van der Waals surface area contributed by atoms with E-state index in [4.69, 9.17) is 0 Å². The van der Waals surface area contributed by atoms with Crippen LogP contribution in [0, 0.1) is 11.8 Å². The number of benzene rings is 1. The van der Waals surface area contributed by atoms with E-state index in [1.165, 1.54) is 30.3 Å². The van der Waals surface area contributed by atoms with Crippen LogP contribution in [-0.4, -0.2) is 38.5 Å². The number of sulfonamides is 1. The molecular weight excluding hydrogens is 344 g/mol. The standard InChI is InChI=1S/C17H24N2O5S/c1-4-9-19-25(23,24)15-7-5-13(6-8-15)16(20)18-11-14(17(21)22)10-12(2)3/h4-8,12,14,19H,1,9-11H2,2-3H3,(H,18,20)(H,21,22). The van der Waals surface area contributed by atoms with E-state index in [0.29, 0.717) is 6.42 Å². The fraction of sp³-hybridized carbons (Fsp3) is 0.412. The van der Waals surface area contributed by atoms with Crippen LogP contribution in [0.4, 0.5) is 0 Å². The Morgan fingerprint density at radius 3 is 2.32 bits per heavy atom. The molecule has 138 valence electrons. The molecule has 0 saturated carbocycles. The summed E-state index contributed by atoms with van der Waals surface area (Å²) in [4.78, 5) is 23.3. The SMILES string of the molecule is C=CCNS(=O)(=O)c1ccc(C(=O)NCC(CC(C)C)C(=O)O)cc1. The van der Waals surface area contributed by atoms with Crippen LogP contribution in [0.15, 0.2) is 41.8 Å². The van der Waals surface area contributed by atoms with Crippen molar-refractivity contribution in [2.45, 2.75) is 25.2 Å². The van der Waals surface area contributed by atoms with Gasteiger partial charge in [0.25, 0.3) is 5.91 Å². The quantitative estimate of drug-likeness (QED) is 0.543. The van der Waals surface area contributed by atoms with Gasteiger partial charge in [0.2, 0.25) is 10.0 Å². The van der Waals surface area contributed by atoms with Gasteiger partial charge < -0.3 is 10.4 Å². The molecule has 0 radical (unpaired) electrons. The molecule has 8 heteroatoms. The van der Waals surface area contributed by atoms with Gasteiger partial charge in [0.1, 0.15) is 0 Å². The normalized spacial score (nSPS) is 12.6. The number of hydrogen-bond acceptors (Lipinski definition) is 4. The highest BCUT2D eigenvalue weighted by Crippen LogP contribution is 2.13. The topological polar surface area (TPSA) is 113 Å². The van der Waals surface area contributed by atoms with E-state index >= 15 is 0 Å². The van der Waals surface area contributed by atoms with Crippen molar-refractivity contribution in [3.63, 3.8) is 0 Å². The highest BCUT2D eigenvalue weighted by Gasteiger charge is 2.20. The molecule has 0 spiro atoms. The van der Waals surface area contributed by atoms with E-state index in [9.17, 15) is 23.1 Å². The Morgan fingerprint density at radius 1 is 1.24 bits per heavy atom. The third-order valence-corrected chi connectivity index (χ3v) is 4.90.